The number of carbonyl (C=O) groups excluding carboxylic acids is 3. The lowest BCUT2D eigenvalue weighted by Crippen LogP contribution is -2.29. The number of hydrogen-bond acceptors (Lipinski definition) is 6. The number of anilines is 1. The molecule has 0 bridgehead atoms. The van der Waals surface area contributed by atoms with Crippen LogP contribution in [0.25, 0.3) is 0 Å². The van der Waals surface area contributed by atoms with Gasteiger partial charge in [-0.25, -0.2) is 9.59 Å². The molecule has 6 nitrogen and oxygen atoms in total. The summed E-state index contributed by atoms with van der Waals surface area (Å²) in [5, 5.41) is 3.22. The minimum Gasteiger partial charge on any atom is -0.462 e. The molecule has 0 aromatic carbocycles. The number of ether oxygens (including phenoxy) is 2. The third-order valence-corrected chi connectivity index (χ3v) is 5.36. The maximum atomic E-state index is 12.4. The average Bonchev–Trinajstić information content (AvgIpc) is 2.91. The molecule has 2 atom stereocenters. The van der Waals surface area contributed by atoms with Crippen molar-refractivity contribution in [2.75, 3.05) is 11.9 Å². The van der Waals surface area contributed by atoms with E-state index >= 15 is 0 Å². The van der Waals surface area contributed by atoms with Crippen LogP contribution >= 0.6 is 11.3 Å². The lowest BCUT2D eigenvalue weighted by molar-refractivity contribution is -0.148. The van der Waals surface area contributed by atoms with Crippen LogP contribution in [0.3, 0.4) is 0 Å². The van der Waals surface area contributed by atoms with E-state index in [9.17, 15) is 14.4 Å². The molecule has 2 unspecified atom stereocenters. The fourth-order valence-electron chi connectivity index (χ4n) is 2.87. The molecular formula is C19H25NO5S. The van der Waals surface area contributed by atoms with Crippen LogP contribution in [0.4, 0.5) is 5.00 Å². The zero-order valence-electron chi connectivity index (χ0n) is 15.6. The monoisotopic (exact) mass is 379 g/mol. The van der Waals surface area contributed by atoms with Crippen LogP contribution in [-0.2, 0) is 31.9 Å². The van der Waals surface area contributed by atoms with Crippen molar-refractivity contribution in [3.05, 3.63) is 28.2 Å². The van der Waals surface area contributed by atoms with Gasteiger partial charge >= 0.3 is 11.9 Å². The fraction of sp³-hybridized carbons (Fsp3) is 0.526. The van der Waals surface area contributed by atoms with Crippen LogP contribution in [0.1, 0.15) is 54.9 Å². The van der Waals surface area contributed by atoms with Gasteiger partial charge in [-0.2, -0.15) is 0 Å². The summed E-state index contributed by atoms with van der Waals surface area (Å²) in [7, 11) is 0. The highest BCUT2D eigenvalue weighted by Gasteiger charge is 2.30. The predicted molar refractivity (Wildman–Crippen MR) is 100 cm³/mol. The summed E-state index contributed by atoms with van der Waals surface area (Å²) in [6.45, 7) is 7.38. The van der Waals surface area contributed by atoms with Crippen molar-refractivity contribution in [3.8, 4) is 0 Å². The standard InChI is InChI=1S/C19H25NO5S/c1-5-7-15(21)25-12(4)17(22)20-18-16(19(23)24-6-2)13-9-8-11(3)10-14(13)26-18/h5,7,11-12H,6,8-10H2,1-4H3,(H,20,22)/b7-5+. The Labute approximate surface area is 157 Å². The molecule has 1 aliphatic carbocycles. The molecule has 1 N–H and O–H groups in total. The van der Waals surface area contributed by atoms with Gasteiger partial charge in [-0.05, 0) is 51.5 Å². The Balaban J connectivity index is 2.23. The van der Waals surface area contributed by atoms with Gasteiger partial charge in [0.1, 0.15) is 5.00 Å². The van der Waals surface area contributed by atoms with Crippen molar-refractivity contribution >= 4 is 34.2 Å². The first-order valence-electron chi connectivity index (χ1n) is 8.83. The first-order valence-corrected chi connectivity index (χ1v) is 9.64. The molecule has 1 aromatic heterocycles. The Hall–Kier alpha value is -2.15. The van der Waals surface area contributed by atoms with Gasteiger partial charge in [0.15, 0.2) is 6.10 Å². The summed E-state index contributed by atoms with van der Waals surface area (Å²) in [6, 6.07) is 0. The van der Waals surface area contributed by atoms with E-state index in [4.69, 9.17) is 9.47 Å². The van der Waals surface area contributed by atoms with E-state index in [1.165, 1.54) is 24.3 Å². The lowest BCUT2D eigenvalue weighted by Gasteiger charge is -2.18. The molecule has 1 heterocycles. The summed E-state index contributed by atoms with van der Waals surface area (Å²) in [6.07, 6.45) is 4.50. The van der Waals surface area contributed by atoms with E-state index in [1.54, 1.807) is 19.9 Å². The number of thiophene rings is 1. The molecule has 2 rings (SSSR count). The maximum Gasteiger partial charge on any atom is 0.341 e. The minimum absolute atomic E-state index is 0.268. The second-order valence-corrected chi connectivity index (χ2v) is 7.45. The molecule has 142 valence electrons. The number of esters is 2. The van der Waals surface area contributed by atoms with Crippen molar-refractivity contribution in [1.82, 2.24) is 0 Å². The molecule has 0 radical (unpaired) electrons. The summed E-state index contributed by atoms with van der Waals surface area (Å²) < 4.78 is 10.2. The van der Waals surface area contributed by atoms with Gasteiger partial charge in [0.2, 0.25) is 0 Å². The summed E-state index contributed by atoms with van der Waals surface area (Å²) >= 11 is 1.41. The number of rotatable bonds is 6. The van der Waals surface area contributed by atoms with Crippen LogP contribution in [0, 0.1) is 5.92 Å². The molecule has 1 aromatic rings. The Morgan fingerprint density at radius 1 is 1.38 bits per heavy atom. The molecular weight excluding hydrogens is 354 g/mol. The maximum absolute atomic E-state index is 12.4. The van der Waals surface area contributed by atoms with Crippen molar-refractivity contribution in [1.29, 1.82) is 0 Å². The summed E-state index contributed by atoms with van der Waals surface area (Å²) in [5.41, 5.74) is 1.42. The first-order chi connectivity index (χ1) is 12.4. The second-order valence-electron chi connectivity index (χ2n) is 6.34. The number of carbonyl (C=O) groups is 3. The normalized spacial score (nSPS) is 17.5. The summed E-state index contributed by atoms with van der Waals surface area (Å²) in [5.74, 6) is -0.936. The third kappa shape index (κ3) is 4.72. The smallest absolute Gasteiger partial charge is 0.341 e. The minimum atomic E-state index is -0.966. The van der Waals surface area contributed by atoms with Crippen LogP contribution in [0.15, 0.2) is 12.2 Å². The molecule has 0 aliphatic heterocycles. The molecule has 0 saturated heterocycles. The molecule has 0 spiro atoms. The number of hydrogen-bond donors (Lipinski definition) is 1. The van der Waals surface area contributed by atoms with Gasteiger partial charge in [-0.3, -0.25) is 4.79 Å². The molecule has 26 heavy (non-hydrogen) atoms. The number of amides is 1. The highest BCUT2D eigenvalue weighted by Crippen LogP contribution is 2.40. The zero-order valence-corrected chi connectivity index (χ0v) is 16.4. The van der Waals surface area contributed by atoms with Gasteiger partial charge in [0.25, 0.3) is 5.91 Å². The van der Waals surface area contributed by atoms with E-state index in [2.05, 4.69) is 12.2 Å². The lowest BCUT2D eigenvalue weighted by atomic mass is 9.88. The van der Waals surface area contributed by atoms with Crippen LogP contribution in [0.5, 0.6) is 0 Å². The fourth-order valence-corrected chi connectivity index (χ4v) is 4.28. The van der Waals surface area contributed by atoms with Gasteiger partial charge in [-0.1, -0.05) is 13.0 Å². The van der Waals surface area contributed by atoms with Crippen LogP contribution in [0.2, 0.25) is 0 Å². The molecule has 7 heteroatoms. The van der Waals surface area contributed by atoms with Crippen molar-refractivity contribution in [2.24, 2.45) is 5.92 Å². The number of allylic oxidation sites excluding steroid dienone is 1. The van der Waals surface area contributed by atoms with Gasteiger partial charge < -0.3 is 14.8 Å². The highest BCUT2D eigenvalue weighted by molar-refractivity contribution is 7.17. The Bertz CT molecular complexity index is 722. The SMILES string of the molecule is C/C=C/C(=O)OC(C)C(=O)Nc1sc2c(c1C(=O)OCC)CCC(C)C2. The highest BCUT2D eigenvalue weighted by atomic mass is 32.1. The van der Waals surface area contributed by atoms with Crippen molar-refractivity contribution < 1.29 is 23.9 Å². The van der Waals surface area contributed by atoms with Crippen LogP contribution < -0.4 is 5.32 Å². The molecule has 1 aliphatic rings. The quantitative estimate of drug-likeness (QED) is 0.604. The second kappa shape index (κ2) is 8.98. The average molecular weight is 379 g/mol. The summed E-state index contributed by atoms with van der Waals surface area (Å²) in [4.78, 5) is 37.5. The van der Waals surface area contributed by atoms with E-state index in [0.717, 1.165) is 29.7 Å². The first kappa shape index (κ1) is 20.2. The number of nitrogens with one attached hydrogen (secondary N) is 1. The molecule has 0 saturated carbocycles. The third-order valence-electron chi connectivity index (χ3n) is 4.19. The topological polar surface area (TPSA) is 81.7 Å². The van der Waals surface area contributed by atoms with E-state index in [0.29, 0.717) is 16.5 Å². The Kier molecular flexibility index (Phi) is 6.97. The van der Waals surface area contributed by atoms with Gasteiger partial charge in [-0.15, -0.1) is 11.3 Å². The van der Waals surface area contributed by atoms with E-state index < -0.39 is 23.9 Å². The largest absolute Gasteiger partial charge is 0.462 e. The van der Waals surface area contributed by atoms with E-state index in [1.807, 2.05) is 0 Å². The van der Waals surface area contributed by atoms with Crippen LogP contribution in [-0.4, -0.2) is 30.6 Å². The zero-order chi connectivity index (χ0) is 19.3. The van der Waals surface area contributed by atoms with Gasteiger partial charge in [0.05, 0.1) is 12.2 Å². The molecule has 0 fully saturated rings. The van der Waals surface area contributed by atoms with Crippen molar-refractivity contribution in [3.63, 3.8) is 0 Å². The predicted octanol–water partition coefficient (Wildman–Crippen LogP) is 3.50. The number of fused-ring (bicyclic) bond motifs is 1. The van der Waals surface area contributed by atoms with Crippen molar-refractivity contribution in [2.45, 2.75) is 53.1 Å². The molecule has 1 amide bonds. The van der Waals surface area contributed by atoms with Gasteiger partial charge in [0, 0.05) is 11.0 Å². The Morgan fingerprint density at radius 3 is 2.77 bits per heavy atom. The Morgan fingerprint density at radius 2 is 2.12 bits per heavy atom. The van der Waals surface area contributed by atoms with E-state index in [-0.39, 0.29) is 6.61 Å².